The van der Waals surface area contributed by atoms with Crippen molar-refractivity contribution in [2.24, 2.45) is 0 Å². The van der Waals surface area contributed by atoms with Gasteiger partial charge in [-0.05, 0) is 35.4 Å². The van der Waals surface area contributed by atoms with Gasteiger partial charge in [-0.2, -0.15) is 0 Å². The van der Waals surface area contributed by atoms with Crippen LogP contribution in [-0.4, -0.2) is 53.4 Å². The van der Waals surface area contributed by atoms with Gasteiger partial charge in [-0.25, -0.2) is 9.59 Å². The minimum Gasteiger partial charge on any atom is -0.473 e. The standard InChI is InChI=1S/C23H24Cl2N2O2.C2H2O4/c24-21-3-1-2-20(23(21)25)22-9-8-19(29-22)15-26-14-17-4-6-18(7-5-17)16-27-10-12-28-13-11-27;3-1(4)2(5)6/h1-9,26H,10-16H2;(H,3,4)(H,5,6). The molecule has 0 bridgehead atoms. The number of rotatable bonds is 7. The van der Waals surface area contributed by atoms with Gasteiger partial charge in [0.25, 0.3) is 0 Å². The van der Waals surface area contributed by atoms with Gasteiger partial charge >= 0.3 is 11.9 Å². The van der Waals surface area contributed by atoms with Crippen LogP contribution in [0.4, 0.5) is 0 Å². The molecule has 35 heavy (non-hydrogen) atoms. The summed E-state index contributed by atoms with van der Waals surface area (Å²) < 4.78 is 11.3. The Morgan fingerprint density at radius 2 is 1.54 bits per heavy atom. The van der Waals surface area contributed by atoms with Crippen LogP contribution in [0.2, 0.25) is 10.0 Å². The van der Waals surface area contributed by atoms with E-state index >= 15 is 0 Å². The SMILES string of the molecule is Clc1cccc(-c2ccc(CNCc3ccc(CN4CCOCC4)cc3)o2)c1Cl.O=C(O)C(=O)O. The summed E-state index contributed by atoms with van der Waals surface area (Å²) in [5.41, 5.74) is 3.39. The lowest BCUT2D eigenvalue weighted by Gasteiger charge is -2.26. The number of ether oxygens (including phenoxy) is 1. The highest BCUT2D eigenvalue weighted by molar-refractivity contribution is 6.43. The molecule has 3 aromatic rings. The molecule has 10 heteroatoms. The Labute approximate surface area is 213 Å². The van der Waals surface area contributed by atoms with E-state index in [9.17, 15) is 0 Å². The third-order valence-electron chi connectivity index (χ3n) is 5.22. The molecule has 3 N–H and O–H groups in total. The van der Waals surface area contributed by atoms with Crippen LogP contribution in [0.25, 0.3) is 11.3 Å². The van der Waals surface area contributed by atoms with Crippen LogP contribution in [0, 0.1) is 0 Å². The molecule has 0 amide bonds. The molecule has 8 nitrogen and oxygen atoms in total. The van der Waals surface area contributed by atoms with Crippen molar-refractivity contribution >= 4 is 35.1 Å². The summed E-state index contributed by atoms with van der Waals surface area (Å²) >= 11 is 12.4. The quantitative estimate of drug-likeness (QED) is 0.389. The first kappa shape index (κ1) is 26.7. The van der Waals surface area contributed by atoms with Crippen molar-refractivity contribution in [3.63, 3.8) is 0 Å². The Kier molecular flexibility index (Phi) is 10.1. The largest absolute Gasteiger partial charge is 0.473 e. The van der Waals surface area contributed by atoms with Crippen molar-refractivity contribution in [3.05, 3.63) is 81.5 Å². The van der Waals surface area contributed by atoms with E-state index in [0.717, 1.165) is 56.5 Å². The Morgan fingerprint density at radius 3 is 2.20 bits per heavy atom. The van der Waals surface area contributed by atoms with Crippen LogP contribution in [0.1, 0.15) is 16.9 Å². The summed E-state index contributed by atoms with van der Waals surface area (Å²) in [4.78, 5) is 20.6. The lowest BCUT2D eigenvalue weighted by Crippen LogP contribution is -2.35. The van der Waals surface area contributed by atoms with E-state index in [4.69, 9.17) is 52.2 Å². The molecule has 4 rings (SSSR count). The molecule has 0 unspecified atom stereocenters. The van der Waals surface area contributed by atoms with Crippen molar-refractivity contribution in [2.45, 2.75) is 19.6 Å². The Bertz CT molecular complexity index is 1120. The summed E-state index contributed by atoms with van der Waals surface area (Å²) in [7, 11) is 0. The van der Waals surface area contributed by atoms with Gasteiger partial charge < -0.3 is 24.7 Å². The zero-order valence-corrected chi connectivity index (χ0v) is 20.4. The molecule has 186 valence electrons. The first-order valence-corrected chi connectivity index (χ1v) is 11.7. The lowest BCUT2D eigenvalue weighted by molar-refractivity contribution is -0.159. The fourth-order valence-corrected chi connectivity index (χ4v) is 3.82. The number of hydrogen-bond acceptors (Lipinski definition) is 6. The molecule has 0 atom stereocenters. The third-order valence-corrected chi connectivity index (χ3v) is 6.04. The molecule has 1 fully saturated rings. The van der Waals surface area contributed by atoms with Crippen molar-refractivity contribution in [1.82, 2.24) is 10.2 Å². The molecule has 2 heterocycles. The monoisotopic (exact) mass is 520 g/mol. The molecule has 0 aliphatic carbocycles. The molecule has 1 saturated heterocycles. The van der Waals surface area contributed by atoms with Crippen molar-refractivity contribution < 1.29 is 29.0 Å². The van der Waals surface area contributed by atoms with E-state index in [1.165, 1.54) is 11.1 Å². The summed E-state index contributed by atoms with van der Waals surface area (Å²) in [5, 5.41) is 19.3. The number of carboxylic acid groups (broad SMARTS) is 2. The number of carboxylic acids is 2. The molecule has 0 saturated carbocycles. The van der Waals surface area contributed by atoms with Gasteiger partial charge in [-0.1, -0.05) is 53.5 Å². The highest BCUT2D eigenvalue weighted by Crippen LogP contribution is 2.34. The van der Waals surface area contributed by atoms with Crippen molar-refractivity contribution in [1.29, 1.82) is 0 Å². The smallest absolute Gasteiger partial charge is 0.414 e. The molecule has 0 spiro atoms. The van der Waals surface area contributed by atoms with Gasteiger partial charge in [0, 0.05) is 31.7 Å². The van der Waals surface area contributed by atoms with Crippen LogP contribution in [-0.2, 0) is 34.0 Å². The number of morpholine rings is 1. The van der Waals surface area contributed by atoms with Crippen LogP contribution >= 0.6 is 23.2 Å². The minimum atomic E-state index is -1.82. The third kappa shape index (κ3) is 8.38. The van der Waals surface area contributed by atoms with Gasteiger partial charge in [-0.3, -0.25) is 4.90 Å². The van der Waals surface area contributed by atoms with E-state index in [2.05, 4.69) is 34.5 Å². The van der Waals surface area contributed by atoms with E-state index in [-0.39, 0.29) is 0 Å². The van der Waals surface area contributed by atoms with E-state index in [1.54, 1.807) is 6.07 Å². The maximum absolute atomic E-state index is 9.10. The highest BCUT2D eigenvalue weighted by atomic mass is 35.5. The second kappa shape index (κ2) is 13.3. The summed E-state index contributed by atoms with van der Waals surface area (Å²) in [6, 6.07) is 18.2. The van der Waals surface area contributed by atoms with Crippen LogP contribution in [0.15, 0.2) is 59.0 Å². The maximum Gasteiger partial charge on any atom is 0.414 e. The predicted molar refractivity (Wildman–Crippen MR) is 133 cm³/mol. The van der Waals surface area contributed by atoms with Gasteiger partial charge in [-0.15, -0.1) is 0 Å². The Balaban J connectivity index is 0.000000509. The maximum atomic E-state index is 9.10. The molecule has 1 aliphatic heterocycles. The summed E-state index contributed by atoms with van der Waals surface area (Å²) in [5.74, 6) is -2.06. The van der Waals surface area contributed by atoms with Crippen molar-refractivity contribution in [2.75, 3.05) is 26.3 Å². The van der Waals surface area contributed by atoms with Crippen molar-refractivity contribution in [3.8, 4) is 11.3 Å². The minimum absolute atomic E-state index is 0.514. The lowest BCUT2D eigenvalue weighted by atomic mass is 10.1. The first-order chi connectivity index (χ1) is 16.8. The summed E-state index contributed by atoms with van der Waals surface area (Å²) in [6.45, 7) is 6.10. The number of nitrogens with one attached hydrogen (secondary N) is 1. The molecule has 1 aromatic heterocycles. The van der Waals surface area contributed by atoms with Crippen LogP contribution in [0.3, 0.4) is 0 Å². The van der Waals surface area contributed by atoms with E-state index in [1.807, 2.05) is 24.3 Å². The zero-order chi connectivity index (χ0) is 25.2. The van der Waals surface area contributed by atoms with Gasteiger partial charge in [0.1, 0.15) is 11.5 Å². The molecule has 1 aliphatic rings. The second-order valence-corrected chi connectivity index (χ2v) is 8.57. The number of nitrogens with zero attached hydrogens (tertiary/aromatic N) is 1. The normalized spacial score (nSPS) is 13.7. The zero-order valence-electron chi connectivity index (χ0n) is 18.9. The Hall–Kier alpha value is -2.88. The number of halogens is 2. The number of aliphatic carboxylic acids is 2. The predicted octanol–water partition coefficient (Wildman–Crippen LogP) is 4.53. The molecular weight excluding hydrogens is 495 g/mol. The van der Waals surface area contributed by atoms with Gasteiger partial charge in [0.05, 0.1) is 29.8 Å². The molecular formula is C25H26Cl2N2O6. The first-order valence-electron chi connectivity index (χ1n) is 10.9. The number of benzene rings is 2. The Morgan fingerprint density at radius 1 is 0.886 bits per heavy atom. The molecule has 0 radical (unpaired) electrons. The van der Waals surface area contributed by atoms with Crippen LogP contribution in [0.5, 0.6) is 0 Å². The highest BCUT2D eigenvalue weighted by Gasteiger charge is 2.12. The summed E-state index contributed by atoms with van der Waals surface area (Å²) in [6.07, 6.45) is 0. The van der Waals surface area contributed by atoms with E-state index < -0.39 is 11.9 Å². The number of hydrogen-bond donors (Lipinski definition) is 3. The average molecular weight is 521 g/mol. The number of furan rings is 1. The second-order valence-electron chi connectivity index (χ2n) is 7.79. The van der Waals surface area contributed by atoms with Gasteiger partial charge in [0.2, 0.25) is 0 Å². The van der Waals surface area contributed by atoms with E-state index in [0.29, 0.717) is 16.6 Å². The number of carbonyl (C=O) groups is 2. The topological polar surface area (TPSA) is 112 Å². The fraction of sp³-hybridized carbons (Fsp3) is 0.280. The fourth-order valence-electron chi connectivity index (χ4n) is 3.42. The van der Waals surface area contributed by atoms with Gasteiger partial charge in [0.15, 0.2) is 0 Å². The average Bonchev–Trinajstić information content (AvgIpc) is 3.31. The molecule has 2 aromatic carbocycles. The van der Waals surface area contributed by atoms with Crippen LogP contribution < -0.4 is 5.32 Å².